The quantitative estimate of drug-likeness (QED) is 0.603. The minimum Gasteiger partial charge on any atom is -0.494 e. The van der Waals surface area contributed by atoms with Gasteiger partial charge in [0, 0.05) is 23.3 Å². The fraction of sp³-hybridized carbons (Fsp3) is 0.211. The average molecular weight is 403 g/mol. The maximum Gasteiger partial charge on any atom is 0.246 e. The second-order valence-electron chi connectivity index (χ2n) is 5.76. The molecule has 6 nitrogen and oxygen atoms in total. The molecule has 0 bridgehead atoms. The van der Waals surface area contributed by atoms with Crippen LogP contribution in [0.4, 0.5) is 5.69 Å². The molecule has 0 amide bonds. The molecule has 3 aromatic rings. The van der Waals surface area contributed by atoms with Crippen LogP contribution in [0.5, 0.6) is 5.75 Å². The van der Waals surface area contributed by atoms with Crippen molar-refractivity contribution >= 4 is 34.6 Å². The van der Waals surface area contributed by atoms with Gasteiger partial charge in [-0.15, -0.1) is 0 Å². The molecule has 27 heavy (non-hydrogen) atoms. The van der Waals surface area contributed by atoms with Crippen LogP contribution in [0.25, 0.3) is 11.4 Å². The lowest BCUT2D eigenvalue weighted by molar-refractivity contribution is 0.336. The van der Waals surface area contributed by atoms with Gasteiger partial charge in [-0.2, -0.15) is 4.98 Å². The molecule has 3 rings (SSSR count). The van der Waals surface area contributed by atoms with Gasteiger partial charge in [-0.05, 0) is 67.7 Å². The minimum atomic E-state index is 0.392. The van der Waals surface area contributed by atoms with Gasteiger partial charge in [0.1, 0.15) is 5.75 Å². The Balaban J connectivity index is 1.60. The Kier molecular flexibility index (Phi) is 6.26. The topological polar surface area (TPSA) is 63.4 Å². The maximum atomic E-state index is 5.89. The summed E-state index contributed by atoms with van der Waals surface area (Å²) >= 11 is 11.3. The highest BCUT2D eigenvalue weighted by atomic mass is 35.5. The van der Waals surface area contributed by atoms with E-state index < -0.39 is 0 Å². The third-order valence-corrected chi connectivity index (χ3v) is 4.37. The van der Waals surface area contributed by atoms with Crippen molar-refractivity contribution in [3.05, 3.63) is 59.4 Å². The predicted molar refractivity (Wildman–Crippen MR) is 110 cm³/mol. The van der Waals surface area contributed by atoms with Gasteiger partial charge < -0.3 is 19.5 Å². The van der Waals surface area contributed by atoms with Crippen molar-refractivity contribution in [1.82, 2.24) is 15.0 Å². The van der Waals surface area contributed by atoms with E-state index in [2.05, 4.69) is 15.5 Å². The van der Waals surface area contributed by atoms with Crippen molar-refractivity contribution in [3.63, 3.8) is 0 Å². The van der Waals surface area contributed by atoms with Crippen molar-refractivity contribution < 1.29 is 9.26 Å². The second-order valence-corrected chi connectivity index (χ2v) is 6.59. The Morgan fingerprint density at radius 1 is 1.19 bits per heavy atom. The Morgan fingerprint density at radius 2 is 1.89 bits per heavy atom. The van der Waals surface area contributed by atoms with Gasteiger partial charge in [-0.1, -0.05) is 16.8 Å². The van der Waals surface area contributed by atoms with Gasteiger partial charge in [0.2, 0.25) is 11.7 Å². The Hall–Kier alpha value is -2.64. The maximum absolute atomic E-state index is 5.89. The number of halogens is 1. The normalized spacial score (nSPS) is 10.5. The molecule has 8 heteroatoms. The van der Waals surface area contributed by atoms with E-state index in [1.165, 1.54) is 0 Å². The zero-order valence-corrected chi connectivity index (χ0v) is 16.5. The molecule has 0 radical (unpaired) electrons. The van der Waals surface area contributed by atoms with Crippen LogP contribution >= 0.6 is 23.8 Å². The van der Waals surface area contributed by atoms with Crippen LogP contribution in [0.1, 0.15) is 12.8 Å². The van der Waals surface area contributed by atoms with Crippen LogP contribution < -0.4 is 10.1 Å². The zero-order valence-electron chi connectivity index (χ0n) is 15.0. The second kappa shape index (κ2) is 8.83. The largest absolute Gasteiger partial charge is 0.494 e. The number of ether oxygens (including phenoxy) is 1. The first-order chi connectivity index (χ1) is 13.0. The molecule has 0 saturated carbocycles. The molecule has 0 unspecified atom stereocenters. The van der Waals surface area contributed by atoms with Crippen LogP contribution in [0.15, 0.2) is 53.1 Å². The van der Waals surface area contributed by atoms with Gasteiger partial charge in [0.05, 0.1) is 13.2 Å². The first kappa shape index (κ1) is 19.1. The van der Waals surface area contributed by atoms with Crippen molar-refractivity contribution in [2.45, 2.75) is 13.5 Å². The van der Waals surface area contributed by atoms with Crippen molar-refractivity contribution in [2.75, 3.05) is 19.0 Å². The van der Waals surface area contributed by atoms with E-state index in [1.54, 1.807) is 12.1 Å². The third-order valence-electron chi connectivity index (χ3n) is 3.71. The Morgan fingerprint density at radius 3 is 2.56 bits per heavy atom. The summed E-state index contributed by atoms with van der Waals surface area (Å²) in [6, 6.07) is 14.9. The van der Waals surface area contributed by atoms with E-state index in [-0.39, 0.29) is 0 Å². The lowest BCUT2D eigenvalue weighted by atomic mass is 10.2. The molecule has 1 aromatic heterocycles. The van der Waals surface area contributed by atoms with E-state index in [0.717, 1.165) is 17.0 Å². The molecule has 0 atom stereocenters. The number of aromatic nitrogens is 2. The SMILES string of the molecule is CCOc1ccc(-c2noc(CN(C)C(=S)Nc3ccc(Cl)cc3)n2)cc1. The standard InChI is InChI=1S/C19H19ClN4O2S/c1-3-25-16-10-4-13(5-11-16)18-22-17(26-23-18)12-24(2)19(27)21-15-8-6-14(20)7-9-15/h4-11H,3,12H2,1-2H3,(H,21,27). The van der Waals surface area contributed by atoms with Crippen molar-refractivity contribution in [3.8, 4) is 17.1 Å². The lowest BCUT2D eigenvalue weighted by Crippen LogP contribution is -2.30. The summed E-state index contributed by atoms with van der Waals surface area (Å²) in [5.74, 6) is 1.81. The smallest absolute Gasteiger partial charge is 0.246 e. The first-order valence-electron chi connectivity index (χ1n) is 8.38. The van der Waals surface area contributed by atoms with Gasteiger partial charge in [-0.25, -0.2) is 0 Å². The molecule has 0 fully saturated rings. The first-order valence-corrected chi connectivity index (χ1v) is 9.17. The van der Waals surface area contributed by atoms with Gasteiger partial charge in [0.25, 0.3) is 0 Å². The molecule has 0 spiro atoms. The summed E-state index contributed by atoms with van der Waals surface area (Å²) in [7, 11) is 1.85. The summed E-state index contributed by atoms with van der Waals surface area (Å²) in [6.45, 7) is 2.97. The summed E-state index contributed by atoms with van der Waals surface area (Å²) < 4.78 is 10.8. The summed E-state index contributed by atoms with van der Waals surface area (Å²) in [5, 5.41) is 8.39. The van der Waals surface area contributed by atoms with Crippen molar-refractivity contribution in [1.29, 1.82) is 0 Å². The molecule has 2 aromatic carbocycles. The van der Waals surface area contributed by atoms with Crippen LogP contribution in [0.3, 0.4) is 0 Å². The Labute approximate surface area is 168 Å². The summed E-state index contributed by atoms with van der Waals surface area (Å²) in [4.78, 5) is 6.25. The number of hydrogen-bond acceptors (Lipinski definition) is 5. The van der Waals surface area contributed by atoms with E-state index in [4.69, 9.17) is 33.1 Å². The van der Waals surface area contributed by atoms with Gasteiger partial charge >= 0.3 is 0 Å². The number of anilines is 1. The molecule has 0 aliphatic carbocycles. The number of benzene rings is 2. The molecular formula is C19H19ClN4O2S. The van der Waals surface area contributed by atoms with E-state index in [0.29, 0.717) is 35.0 Å². The lowest BCUT2D eigenvalue weighted by Gasteiger charge is -2.19. The number of hydrogen-bond donors (Lipinski definition) is 1. The minimum absolute atomic E-state index is 0.392. The Bertz CT molecular complexity index is 897. The van der Waals surface area contributed by atoms with E-state index in [1.807, 2.05) is 55.3 Å². The van der Waals surface area contributed by atoms with E-state index >= 15 is 0 Å². The molecule has 140 valence electrons. The van der Waals surface area contributed by atoms with Crippen LogP contribution in [0.2, 0.25) is 5.02 Å². The van der Waals surface area contributed by atoms with E-state index in [9.17, 15) is 0 Å². The number of nitrogens with one attached hydrogen (secondary N) is 1. The highest BCUT2D eigenvalue weighted by Crippen LogP contribution is 2.20. The molecule has 0 aliphatic heterocycles. The van der Waals surface area contributed by atoms with Gasteiger partial charge in [0.15, 0.2) is 5.11 Å². The highest BCUT2D eigenvalue weighted by Gasteiger charge is 2.13. The average Bonchev–Trinajstić information content (AvgIpc) is 3.13. The molecule has 0 saturated heterocycles. The molecule has 0 aliphatic rings. The number of rotatable bonds is 6. The third kappa shape index (κ3) is 5.18. The monoisotopic (exact) mass is 402 g/mol. The summed E-state index contributed by atoms with van der Waals surface area (Å²) in [6.07, 6.45) is 0. The van der Waals surface area contributed by atoms with Crippen molar-refractivity contribution in [2.24, 2.45) is 0 Å². The number of nitrogens with zero attached hydrogens (tertiary/aromatic N) is 3. The number of thiocarbonyl (C=S) groups is 1. The van der Waals surface area contributed by atoms with Crippen LogP contribution in [-0.2, 0) is 6.54 Å². The molecule has 1 heterocycles. The molecular weight excluding hydrogens is 384 g/mol. The highest BCUT2D eigenvalue weighted by molar-refractivity contribution is 7.80. The fourth-order valence-electron chi connectivity index (χ4n) is 2.33. The molecule has 1 N–H and O–H groups in total. The fourth-order valence-corrected chi connectivity index (χ4v) is 2.64. The van der Waals surface area contributed by atoms with Crippen LogP contribution in [0, 0.1) is 0 Å². The van der Waals surface area contributed by atoms with Crippen LogP contribution in [-0.4, -0.2) is 33.8 Å². The van der Waals surface area contributed by atoms with Gasteiger partial charge in [-0.3, -0.25) is 0 Å². The summed E-state index contributed by atoms with van der Waals surface area (Å²) in [5.41, 5.74) is 1.72. The predicted octanol–water partition coefficient (Wildman–Crippen LogP) is 4.62. The zero-order chi connectivity index (χ0) is 19.2.